The summed E-state index contributed by atoms with van der Waals surface area (Å²) in [5.74, 6) is -0.702. The van der Waals surface area contributed by atoms with E-state index in [1.54, 1.807) is 29.2 Å². The average Bonchev–Trinajstić information content (AvgIpc) is 3.65. The van der Waals surface area contributed by atoms with Crippen molar-refractivity contribution in [1.82, 2.24) is 19.9 Å². The van der Waals surface area contributed by atoms with Crippen LogP contribution in [0.4, 0.5) is 4.79 Å². The number of aromatic nitrogens is 2. The van der Waals surface area contributed by atoms with Crippen LogP contribution in [0, 0.1) is 5.92 Å². The Bertz CT molecular complexity index is 1770. The van der Waals surface area contributed by atoms with Crippen molar-refractivity contribution in [2.24, 2.45) is 5.92 Å². The SMILES string of the molecule is C[C@H](c1cccc2ccccc12)N(C[C@H]1CN(C(=O)c2ccc(-c3nc(=O)o[nH]3)cc2)C[C@@H]1c1ccccc1)C(=O)O. The first-order valence-corrected chi connectivity index (χ1v) is 13.9. The Kier molecular flexibility index (Phi) is 7.31. The van der Waals surface area contributed by atoms with E-state index in [9.17, 15) is 19.5 Å². The number of aromatic amines is 1. The Morgan fingerprint density at radius 3 is 2.40 bits per heavy atom. The maximum Gasteiger partial charge on any atom is 0.460 e. The van der Waals surface area contributed by atoms with Crippen molar-refractivity contribution in [3.8, 4) is 11.4 Å². The molecule has 42 heavy (non-hydrogen) atoms. The van der Waals surface area contributed by atoms with Gasteiger partial charge in [0.2, 0.25) is 0 Å². The molecule has 9 nitrogen and oxygen atoms in total. The van der Waals surface area contributed by atoms with Gasteiger partial charge in [0.15, 0.2) is 5.82 Å². The van der Waals surface area contributed by atoms with Crippen LogP contribution in [0.2, 0.25) is 0 Å². The van der Waals surface area contributed by atoms with E-state index in [-0.39, 0.29) is 30.3 Å². The highest BCUT2D eigenvalue weighted by Crippen LogP contribution is 2.37. The molecule has 1 aromatic heterocycles. The number of nitrogens with one attached hydrogen (secondary N) is 1. The van der Waals surface area contributed by atoms with E-state index in [0.717, 1.165) is 21.9 Å². The number of carboxylic acid groups (broad SMARTS) is 1. The van der Waals surface area contributed by atoms with Gasteiger partial charge in [0.25, 0.3) is 5.91 Å². The van der Waals surface area contributed by atoms with Crippen LogP contribution < -0.4 is 5.76 Å². The molecule has 0 bridgehead atoms. The molecule has 2 amide bonds. The lowest BCUT2D eigenvalue weighted by Gasteiger charge is -2.31. The number of hydrogen-bond donors (Lipinski definition) is 2. The highest BCUT2D eigenvalue weighted by atomic mass is 16.5. The third kappa shape index (κ3) is 5.28. The van der Waals surface area contributed by atoms with Gasteiger partial charge >= 0.3 is 11.8 Å². The van der Waals surface area contributed by atoms with Crippen molar-refractivity contribution in [3.63, 3.8) is 0 Å². The fraction of sp³-hybridized carbons (Fsp3) is 0.212. The van der Waals surface area contributed by atoms with E-state index in [0.29, 0.717) is 30.0 Å². The number of benzene rings is 4. The summed E-state index contributed by atoms with van der Waals surface area (Å²) in [7, 11) is 0. The van der Waals surface area contributed by atoms with Gasteiger partial charge in [-0.15, -0.1) is 0 Å². The smallest absolute Gasteiger partial charge is 0.460 e. The maximum absolute atomic E-state index is 13.6. The third-order valence-corrected chi connectivity index (χ3v) is 8.22. The van der Waals surface area contributed by atoms with Crippen LogP contribution in [0.25, 0.3) is 22.2 Å². The summed E-state index contributed by atoms with van der Waals surface area (Å²) in [6.07, 6.45) is -0.992. The lowest BCUT2D eigenvalue weighted by atomic mass is 9.88. The number of amides is 2. The molecule has 4 aromatic carbocycles. The van der Waals surface area contributed by atoms with Gasteiger partial charge in [-0.1, -0.05) is 84.9 Å². The number of fused-ring (bicyclic) bond motifs is 1. The number of carbonyl (C=O) groups excluding carboxylic acids is 1. The second kappa shape index (κ2) is 11.4. The highest BCUT2D eigenvalue weighted by Gasteiger charge is 2.39. The number of carbonyl (C=O) groups is 2. The summed E-state index contributed by atoms with van der Waals surface area (Å²) in [5.41, 5.74) is 3.15. The number of hydrogen-bond acceptors (Lipinski definition) is 5. The normalized spacial score (nSPS) is 17.3. The van der Waals surface area contributed by atoms with Crippen LogP contribution in [0.5, 0.6) is 0 Å². The number of likely N-dealkylation sites (tertiary alicyclic amines) is 1. The second-order valence-electron chi connectivity index (χ2n) is 10.7. The Hall–Kier alpha value is -5.18. The lowest BCUT2D eigenvalue weighted by molar-refractivity contribution is 0.0780. The molecule has 0 unspecified atom stereocenters. The number of H-pyrrole nitrogens is 1. The van der Waals surface area contributed by atoms with Crippen LogP contribution >= 0.6 is 0 Å². The Morgan fingerprint density at radius 1 is 0.976 bits per heavy atom. The minimum Gasteiger partial charge on any atom is -0.465 e. The molecule has 0 spiro atoms. The van der Waals surface area contributed by atoms with Crippen molar-refractivity contribution in [2.75, 3.05) is 19.6 Å². The molecule has 1 saturated heterocycles. The van der Waals surface area contributed by atoms with Gasteiger partial charge in [-0.05, 0) is 41.0 Å². The van der Waals surface area contributed by atoms with Crippen LogP contribution in [0.1, 0.15) is 40.4 Å². The molecule has 0 saturated carbocycles. The first-order chi connectivity index (χ1) is 20.4. The summed E-state index contributed by atoms with van der Waals surface area (Å²) in [6, 6.07) is 30.4. The van der Waals surface area contributed by atoms with Gasteiger partial charge in [0.05, 0.1) is 6.04 Å². The van der Waals surface area contributed by atoms with Crippen molar-refractivity contribution in [1.29, 1.82) is 0 Å². The van der Waals surface area contributed by atoms with Crippen LogP contribution in [-0.2, 0) is 0 Å². The molecule has 5 aromatic rings. The first kappa shape index (κ1) is 27.0. The topological polar surface area (TPSA) is 120 Å². The molecule has 212 valence electrons. The fourth-order valence-electron chi connectivity index (χ4n) is 6.04. The molecular formula is C33H30N4O5. The largest absolute Gasteiger partial charge is 0.465 e. The number of nitrogens with zero attached hydrogens (tertiary/aromatic N) is 3. The van der Waals surface area contributed by atoms with Crippen molar-refractivity contribution in [2.45, 2.75) is 18.9 Å². The van der Waals surface area contributed by atoms with Gasteiger partial charge in [0, 0.05) is 42.6 Å². The quantitative estimate of drug-likeness (QED) is 0.260. The van der Waals surface area contributed by atoms with Crippen LogP contribution in [0.3, 0.4) is 0 Å². The van der Waals surface area contributed by atoms with Gasteiger partial charge in [-0.25, -0.2) is 9.59 Å². The summed E-state index contributed by atoms with van der Waals surface area (Å²) in [5, 5.41) is 14.9. The summed E-state index contributed by atoms with van der Waals surface area (Å²) in [4.78, 5) is 44.7. The van der Waals surface area contributed by atoms with E-state index in [2.05, 4.69) is 14.7 Å². The zero-order valence-corrected chi connectivity index (χ0v) is 23.0. The van der Waals surface area contributed by atoms with Crippen molar-refractivity contribution < 1.29 is 19.2 Å². The first-order valence-electron chi connectivity index (χ1n) is 13.9. The molecule has 0 aliphatic carbocycles. The van der Waals surface area contributed by atoms with Crippen molar-refractivity contribution >= 4 is 22.8 Å². The molecule has 9 heteroatoms. The van der Waals surface area contributed by atoms with Crippen LogP contribution in [-0.4, -0.2) is 56.7 Å². The fourth-order valence-corrected chi connectivity index (χ4v) is 6.04. The minimum atomic E-state index is -0.992. The summed E-state index contributed by atoms with van der Waals surface area (Å²) < 4.78 is 4.65. The van der Waals surface area contributed by atoms with Crippen LogP contribution in [0.15, 0.2) is 106 Å². The summed E-state index contributed by atoms with van der Waals surface area (Å²) >= 11 is 0. The predicted molar refractivity (Wildman–Crippen MR) is 158 cm³/mol. The Morgan fingerprint density at radius 2 is 1.69 bits per heavy atom. The lowest BCUT2D eigenvalue weighted by Crippen LogP contribution is -2.38. The Labute approximate surface area is 242 Å². The molecule has 1 aliphatic rings. The standard InChI is InChI=1S/C33H30N4O5/c1-21(27-13-7-11-22-10-5-6-12-28(22)27)37(33(40)41)19-26-18-36(20-29(26)23-8-3-2-4-9-23)31(38)25-16-14-24(15-17-25)30-34-32(39)42-35-30/h2-17,21,26,29H,18-20H2,1H3,(H,40,41)(H,34,35,39)/t21-,26-,29-/m1/s1. The van der Waals surface area contributed by atoms with E-state index < -0.39 is 11.8 Å². The molecule has 2 heterocycles. The minimum absolute atomic E-state index is 0.0313. The van der Waals surface area contributed by atoms with Crippen molar-refractivity contribution in [3.05, 3.63) is 124 Å². The maximum atomic E-state index is 13.6. The van der Waals surface area contributed by atoms with E-state index in [1.165, 1.54) is 4.90 Å². The van der Waals surface area contributed by atoms with E-state index in [1.807, 2.05) is 79.7 Å². The zero-order valence-electron chi connectivity index (χ0n) is 23.0. The molecule has 1 aliphatic heterocycles. The molecule has 2 N–H and O–H groups in total. The second-order valence-corrected chi connectivity index (χ2v) is 10.7. The predicted octanol–water partition coefficient (Wildman–Crippen LogP) is 5.78. The average molecular weight is 563 g/mol. The molecular weight excluding hydrogens is 532 g/mol. The molecule has 3 atom stereocenters. The van der Waals surface area contributed by atoms with Gasteiger partial charge < -0.3 is 19.4 Å². The monoisotopic (exact) mass is 562 g/mol. The zero-order chi connectivity index (χ0) is 29.2. The molecule has 1 fully saturated rings. The number of rotatable bonds is 7. The highest BCUT2D eigenvalue weighted by molar-refractivity contribution is 5.95. The third-order valence-electron chi connectivity index (χ3n) is 8.22. The van der Waals surface area contributed by atoms with Gasteiger partial charge in [-0.3, -0.25) is 4.79 Å². The molecule has 0 radical (unpaired) electrons. The Balaban J connectivity index is 1.27. The summed E-state index contributed by atoms with van der Waals surface area (Å²) in [6.45, 7) is 3.10. The van der Waals surface area contributed by atoms with E-state index in [4.69, 9.17) is 0 Å². The molecule has 6 rings (SSSR count). The van der Waals surface area contributed by atoms with Gasteiger partial charge in [0.1, 0.15) is 0 Å². The van der Waals surface area contributed by atoms with Gasteiger partial charge in [-0.2, -0.15) is 10.1 Å². The van der Waals surface area contributed by atoms with E-state index >= 15 is 0 Å².